The quantitative estimate of drug-likeness (QED) is 0.306. The van der Waals surface area contributed by atoms with Crippen LogP contribution in [0.2, 0.25) is 5.15 Å². The zero-order chi connectivity index (χ0) is 26.1. The lowest BCUT2D eigenvalue weighted by atomic mass is 9.93. The van der Waals surface area contributed by atoms with Crippen LogP contribution in [-0.4, -0.2) is 55.2 Å². The Labute approximate surface area is 221 Å². The first-order chi connectivity index (χ1) is 17.9. The number of rotatable bonds is 9. The molecule has 0 radical (unpaired) electrons. The van der Waals surface area contributed by atoms with Gasteiger partial charge in [-0.15, -0.1) is 0 Å². The van der Waals surface area contributed by atoms with Crippen molar-refractivity contribution in [3.8, 4) is 11.4 Å². The van der Waals surface area contributed by atoms with Crippen molar-refractivity contribution >= 4 is 28.1 Å². The maximum Gasteiger partial charge on any atom is 0.164 e. The number of hydrogen-bond donors (Lipinski definition) is 3. The fourth-order valence-corrected chi connectivity index (χ4v) is 5.10. The van der Waals surface area contributed by atoms with E-state index in [1.807, 2.05) is 12.3 Å². The molecule has 3 aromatic heterocycles. The molecule has 0 unspecified atom stereocenters. The van der Waals surface area contributed by atoms with E-state index >= 15 is 0 Å². The predicted octanol–water partition coefficient (Wildman–Crippen LogP) is 3.26. The van der Waals surface area contributed by atoms with Crippen molar-refractivity contribution in [1.82, 2.24) is 24.7 Å². The van der Waals surface area contributed by atoms with Gasteiger partial charge in [-0.2, -0.15) is 5.10 Å². The first-order valence-electron chi connectivity index (χ1n) is 12.7. The lowest BCUT2D eigenvalue weighted by Crippen LogP contribution is -2.68. The van der Waals surface area contributed by atoms with Gasteiger partial charge < -0.3 is 21.5 Å². The molecular formula is C27H33ClN8O. The number of nitrogens with two attached hydrogens (primary N) is 2. The van der Waals surface area contributed by atoms with Crippen LogP contribution in [0.1, 0.15) is 43.1 Å². The van der Waals surface area contributed by atoms with E-state index in [-0.39, 0.29) is 18.8 Å². The Morgan fingerprint density at radius 2 is 1.92 bits per heavy atom. The highest BCUT2D eigenvalue weighted by Crippen LogP contribution is 2.36. The summed E-state index contributed by atoms with van der Waals surface area (Å²) in [5.74, 6) is 0.931. The van der Waals surface area contributed by atoms with Crippen molar-refractivity contribution in [2.75, 3.05) is 18.1 Å². The molecule has 0 aliphatic carbocycles. The summed E-state index contributed by atoms with van der Waals surface area (Å²) < 4.78 is 1.60. The van der Waals surface area contributed by atoms with Crippen LogP contribution in [0.15, 0.2) is 42.9 Å². The highest BCUT2D eigenvalue weighted by molar-refractivity contribution is 6.31. The van der Waals surface area contributed by atoms with Gasteiger partial charge in [-0.05, 0) is 54.3 Å². The largest absolute Gasteiger partial charge is 0.394 e. The van der Waals surface area contributed by atoms with E-state index in [0.29, 0.717) is 29.0 Å². The number of benzene rings is 1. The second-order valence-electron chi connectivity index (χ2n) is 9.90. The fraction of sp³-hybridized carbons (Fsp3) is 0.407. The first kappa shape index (κ1) is 25.5. The van der Waals surface area contributed by atoms with Gasteiger partial charge in [0, 0.05) is 47.6 Å². The minimum Gasteiger partial charge on any atom is -0.394 e. The third-order valence-electron chi connectivity index (χ3n) is 6.97. The van der Waals surface area contributed by atoms with Crippen LogP contribution in [0.4, 0.5) is 5.69 Å². The molecular weight excluding hydrogens is 488 g/mol. The zero-order valence-corrected chi connectivity index (χ0v) is 21.9. The Balaban J connectivity index is 1.32. The molecule has 0 amide bonds. The SMILES string of the molecule is CC(C)c1ccc(N2C[C@H](N)[C@H]2N)c2cnc(CCCc3ccnc(-c4cn(CCO)nc4Cl)n3)cc12. The van der Waals surface area contributed by atoms with Crippen molar-refractivity contribution in [1.29, 1.82) is 0 Å². The van der Waals surface area contributed by atoms with E-state index in [9.17, 15) is 0 Å². The highest BCUT2D eigenvalue weighted by Gasteiger charge is 2.34. The second kappa shape index (κ2) is 10.7. The van der Waals surface area contributed by atoms with Crippen molar-refractivity contribution < 1.29 is 5.11 Å². The third kappa shape index (κ3) is 5.17. The Bertz CT molecular complexity index is 1400. The van der Waals surface area contributed by atoms with Crippen LogP contribution in [0.5, 0.6) is 0 Å². The van der Waals surface area contributed by atoms with Crippen LogP contribution in [0.3, 0.4) is 0 Å². The number of halogens is 1. The molecule has 1 aliphatic heterocycles. The zero-order valence-electron chi connectivity index (χ0n) is 21.2. The van der Waals surface area contributed by atoms with Gasteiger partial charge in [-0.25, -0.2) is 9.97 Å². The average Bonchev–Trinajstić information content (AvgIpc) is 3.26. The maximum atomic E-state index is 9.15. The van der Waals surface area contributed by atoms with Gasteiger partial charge in [0.05, 0.1) is 30.9 Å². The van der Waals surface area contributed by atoms with E-state index in [4.69, 9.17) is 38.1 Å². The van der Waals surface area contributed by atoms with Gasteiger partial charge >= 0.3 is 0 Å². The summed E-state index contributed by atoms with van der Waals surface area (Å²) in [6.45, 7) is 5.55. The number of fused-ring (bicyclic) bond motifs is 1. The van der Waals surface area contributed by atoms with Gasteiger partial charge in [-0.1, -0.05) is 31.5 Å². The summed E-state index contributed by atoms with van der Waals surface area (Å²) in [6, 6.07) is 8.51. The summed E-state index contributed by atoms with van der Waals surface area (Å²) >= 11 is 6.28. The minimum atomic E-state index is -0.163. The molecule has 1 fully saturated rings. The molecule has 5 rings (SSSR count). The molecule has 37 heavy (non-hydrogen) atoms. The van der Waals surface area contributed by atoms with Gasteiger partial charge in [0.2, 0.25) is 0 Å². The Hall–Kier alpha value is -3.11. The van der Waals surface area contributed by atoms with E-state index in [0.717, 1.165) is 48.3 Å². The van der Waals surface area contributed by atoms with E-state index in [1.54, 1.807) is 17.1 Å². The van der Waals surface area contributed by atoms with Crippen LogP contribution in [0, 0.1) is 0 Å². The molecule has 4 heterocycles. The summed E-state index contributed by atoms with van der Waals surface area (Å²) in [4.78, 5) is 16.0. The first-order valence-corrected chi connectivity index (χ1v) is 13.1. The van der Waals surface area contributed by atoms with Gasteiger partial charge in [0.25, 0.3) is 0 Å². The highest BCUT2D eigenvalue weighted by atomic mass is 35.5. The molecule has 1 aromatic carbocycles. The number of nitrogens with zero attached hydrogens (tertiary/aromatic N) is 6. The van der Waals surface area contributed by atoms with Crippen molar-refractivity contribution in [2.24, 2.45) is 11.5 Å². The molecule has 1 saturated heterocycles. The maximum absolute atomic E-state index is 9.15. The number of hydrogen-bond acceptors (Lipinski definition) is 8. The smallest absolute Gasteiger partial charge is 0.164 e. The molecule has 10 heteroatoms. The monoisotopic (exact) mass is 520 g/mol. The summed E-state index contributed by atoms with van der Waals surface area (Å²) in [7, 11) is 0. The lowest BCUT2D eigenvalue weighted by Gasteiger charge is -2.46. The van der Waals surface area contributed by atoms with Gasteiger partial charge in [-0.3, -0.25) is 9.67 Å². The van der Waals surface area contributed by atoms with Crippen LogP contribution in [0.25, 0.3) is 22.2 Å². The Morgan fingerprint density at radius 1 is 1.11 bits per heavy atom. The topological polar surface area (TPSA) is 132 Å². The number of aliphatic hydroxyl groups excluding tert-OH is 1. The average molecular weight is 521 g/mol. The van der Waals surface area contributed by atoms with Crippen molar-refractivity contribution in [2.45, 2.75) is 57.8 Å². The molecule has 5 N–H and O–H groups in total. The molecule has 194 valence electrons. The number of aromatic nitrogens is 5. The van der Waals surface area contributed by atoms with E-state index in [1.165, 1.54) is 10.9 Å². The van der Waals surface area contributed by atoms with Crippen LogP contribution < -0.4 is 16.4 Å². The lowest BCUT2D eigenvalue weighted by molar-refractivity contribution is 0.269. The Kier molecular flexibility index (Phi) is 7.39. The number of aliphatic hydroxyl groups is 1. The number of anilines is 1. The van der Waals surface area contributed by atoms with Gasteiger partial charge in [0.15, 0.2) is 11.0 Å². The second-order valence-corrected chi connectivity index (χ2v) is 10.3. The minimum absolute atomic E-state index is 0.00196. The fourth-order valence-electron chi connectivity index (χ4n) is 4.87. The number of aryl methyl sites for hydroxylation is 2. The Morgan fingerprint density at radius 3 is 2.65 bits per heavy atom. The third-order valence-corrected chi connectivity index (χ3v) is 7.25. The number of pyridine rings is 1. The van der Waals surface area contributed by atoms with E-state index in [2.05, 4.69) is 47.0 Å². The van der Waals surface area contributed by atoms with Gasteiger partial charge in [0.1, 0.15) is 0 Å². The van der Waals surface area contributed by atoms with E-state index < -0.39 is 0 Å². The summed E-state index contributed by atoms with van der Waals surface area (Å²) in [6.07, 6.45) is 7.85. The molecule has 0 saturated carbocycles. The molecule has 0 bridgehead atoms. The summed E-state index contributed by atoms with van der Waals surface area (Å²) in [5.41, 5.74) is 17.4. The standard InChI is InChI=1S/C27H33ClN8O/c1-16(2)19-6-7-24(36-15-23(29)26(36)30)21-13-32-18(12-20(19)21)5-3-4-17-8-9-31-27(33-17)22-14-35(10-11-37)34-25(22)28/h6-9,12-14,16,23,26,37H,3-5,10-11,15,29-30H2,1-2H3/t23-,26-/m0/s1. The molecule has 4 aromatic rings. The normalized spacial score (nSPS) is 17.5. The van der Waals surface area contributed by atoms with Crippen LogP contribution >= 0.6 is 11.6 Å². The predicted molar refractivity (Wildman–Crippen MR) is 147 cm³/mol. The molecule has 0 spiro atoms. The van der Waals surface area contributed by atoms with Crippen LogP contribution in [-0.2, 0) is 19.4 Å². The molecule has 2 atom stereocenters. The van der Waals surface area contributed by atoms with Crippen molar-refractivity contribution in [3.63, 3.8) is 0 Å². The molecule has 9 nitrogen and oxygen atoms in total. The molecule has 1 aliphatic rings. The summed E-state index contributed by atoms with van der Waals surface area (Å²) in [5, 5.41) is 16.0. The van der Waals surface area contributed by atoms with Crippen molar-refractivity contribution in [3.05, 3.63) is 65.0 Å².